The zero-order chi connectivity index (χ0) is 17.5. The van der Waals surface area contributed by atoms with Crippen LogP contribution in [0.2, 0.25) is 0 Å². The Kier molecular flexibility index (Phi) is 6.08. The third-order valence-electron chi connectivity index (χ3n) is 2.98. The molecule has 124 valence electrons. The molecule has 0 saturated carbocycles. The minimum atomic E-state index is -1.11. The number of hydrogen-bond acceptors (Lipinski definition) is 4. The van der Waals surface area contributed by atoms with Gasteiger partial charge in [-0.2, -0.15) is 0 Å². The van der Waals surface area contributed by atoms with E-state index in [-0.39, 0.29) is 0 Å². The van der Waals surface area contributed by atoms with Gasteiger partial charge in [0.1, 0.15) is 0 Å². The lowest BCUT2D eigenvalue weighted by Gasteiger charge is -2.13. The van der Waals surface area contributed by atoms with Gasteiger partial charge in [0.25, 0.3) is 5.91 Å². The van der Waals surface area contributed by atoms with E-state index < -0.39 is 24.0 Å². The Morgan fingerprint density at radius 3 is 2.42 bits per heavy atom. The Morgan fingerprint density at radius 2 is 1.75 bits per heavy atom. The van der Waals surface area contributed by atoms with Gasteiger partial charge in [-0.25, -0.2) is 9.59 Å². The molecule has 0 spiro atoms. The molecule has 0 radical (unpaired) electrons. The summed E-state index contributed by atoms with van der Waals surface area (Å²) in [7, 11) is 0. The average molecular weight is 391 g/mol. The van der Waals surface area contributed by atoms with Crippen LogP contribution in [0.15, 0.2) is 59.1 Å². The summed E-state index contributed by atoms with van der Waals surface area (Å²) < 4.78 is 5.77. The van der Waals surface area contributed by atoms with E-state index in [0.29, 0.717) is 11.3 Å². The molecule has 1 atom stereocenters. The number of benzene rings is 2. The normalized spacial score (nSPS) is 11.2. The van der Waals surface area contributed by atoms with Crippen LogP contribution < -0.4 is 10.6 Å². The maximum atomic E-state index is 12.0. The molecule has 0 bridgehead atoms. The Hall–Kier alpha value is -2.67. The van der Waals surface area contributed by atoms with Crippen molar-refractivity contribution in [2.75, 3.05) is 5.32 Å². The summed E-state index contributed by atoms with van der Waals surface area (Å²) in [5.74, 6) is -1.37. The number of amides is 3. The van der Waals surface area contributed by atoms with Crippen molar-refractivity contribution in [2.45, 2.75) is 13.0 Å². The van der Waals surface area contributed by atoms with Crippen LogP contribution in [-0.4, -0.2) is 24.0 Å². The van der Waals surface area contributed by atoms with Crippen molar-refractivity contribution in [3.05, 3.63) is 64.6 Å². The molecular weight excluding hydrogens is 376 g/mol. The molecule has 0 aliphatic carbocycles. The second-order valence-corrected chi connectivity index (χ2v) is 5.78. The smallest absolute Gasteiger partial charge is 0.338 e. The second-order valence-electron chi connectivity index (χ2n) is 4.87. The van der Waals surface area contributed by atoms with Crippen molar-refractivity contribution < 1.29 is 19.1 Å². The Morgan fingerprint density at radius 1 is 1.04 bits per heavy atom. The molecule has 0 aliphatic rings. The first-order valence-corrected chi connectivity index (χ1v) is 7.88. The first-order chi connectivity index (χ1) is 11.5. The summed E-state index contributed by atoms with van der Waals surface area (Å²) in [6.07, 6.45) is -1.11. The molecule has 0 aliphatic heterocycles. The largest absolute Gasteiger partial charge is 0.449 e. The first-order valence-electron chi connectivity index (χ1n) is 7.09. The number of anilines is 1. The number of nitrogens with one attached hydrogen (secondary N) is 2. The number of carbonyl (C=O) groups excluding carboxylic acids is 3. The number of para-hydroxylation sites is 1. The van der Waals surface area contributed by atoms with E-state index >= 15 is 0 Å². The van der Waals surface area contributed by atoms with Crippen LogP contribution in [0.5, 0.6) is 0 Å². The highest BCUT2D eigenvalue weighted by Gasteiger charge is 2.21. The SMILES string of the molecule is CC(OC(=O)c1cccc(Br)c1)C(=O)NC(=O)Nc1ccccc1. The predicted molar refractivity (Wildman–Crippen MR) is 92.6 cm³/mol. The first kappa shape index (κ1) is 17.7. The fourth-order valence-electron chi connectivity index (χ4n) is 1.79. The number of esters is 1. The van der Waals surface area contributed by atoms with Gasteiger partial charge < -0.3 is 10.1 Å². The predicted octanol–water partition coefficient (Wildman–Crippen LogP) is 3.34. The Labute approximate surface area is 147 Å². The number of hydrogen-bond donors (Lipinski definition) is 2. The fourth-order valence-corrected chi connectivity index (χ4v) is 2.19. The monoisotopic (exact) mass is 390 g/mol. The van der Waals surface area contributed by atoms with Crippen molar-refractivity contribution in [3.8, 4) is 0 Å². The molecule has 2 rings (SSSR count). The van der Waals surface area contributed by atoms with Crippen LogP contribution in [0.4, 0.5) is 10.5 Å². The van der Waals surface area contributed by atoms with Crippen LogP contribution in [-0.2, 0) is 9.53 Å². The van der Waals surface area contributed by atoms with Crippen LogP contribution in [0, 0.1) is 0 Å². The lowest BCUT2D eigenvalue weighted by atomic mass is 10.2. The maximum absolute atomic E-state index is 12.0. The van der Waals surface area contributed by atoms with E-state index in [9.17, 15) is 14.4 Å². The number of urea groups is 1. The highest BCUT2D eigenvalue weighted by atomic mass is 79.9. The van der Waals surface area contributed by atoms with E-state index in [1.165, 1.54) is 6.92 Å². The van der Waals surface area contributed by atoms with E-state index in [1.54, 1.807) is 54.6 Å². The second kappa shape index (κ2) is 8.26. The minimum absolute atomic E-state index is 0.303. The summed E-state index contributed by atoms with van der Waals surface area (Å²) in [4.78, 5) is 35.6. The molecule has 6 nitrogen and oxygen atoms in total. The third kappa shape index (κ3) is 5.20. The molecule has 0 saturated heterocycles. The number of imide groups is 1. The molecular formula is C17H15BrN2O4. The zero-order valence-electron chi connectivity index (χ0n) is 12.8. The highest BCUT2D eigenvalue weighted by Crippen LogP contribution is 2.13. The lowest BCUT2D eigenvalue weighted by Crippen LogP contribution is -2.41. The summed E-state index contributed by atoms with van der Waals surface area (Å²) >= 11 is 3.25. The molecule has 0 aromatic heterocycles. The van der Waals surface area contributed by atoms with E-state index in [4.69, 9.17) is 4.74 Å². The molecule has 2 aromatic rings. The third-order valence-corrected chi connectivity index (χ3v) is 3.48. The van der Waals surface area contributed by atoms with Crippen LogP contribution in [0.1, 0.15) is 17.3 Å². The Balaban J connectivity index is 1.87. The summed E-state index contributed by atoms with van der Waals surface area (Å²) in [5, 5.41) is 4.62. The van der Waals surface area contributed by atoms with Crippen molar-refractivity contribution in [2.24, 2.45) is 0 Å². The van der Waals surface area contributed by atoms with Crippen LogP contribution >= 0.6 is 15.9 Å². The topological polar surface area (TPSA) is 84.5 Å². The fraction of sp³-hybridized carbons (Fsp3) is 0.118. The van der Waals surface area contributed by atoms with Crippen LogP contribution in [0.3, 0.4) is 0 Å². The van der Waals surface area contributed by atoms with E-state index in [1.807, 2.05) is 0 Å². The summed E-state index contributed by atoms with van der Waals surface area (Å²) in [6, 6.07) is 14.6. The molecule has 2 N–H and O–H groups in total. The Bertz CT molecular complexity index is 749. The zero-order valence-corrected chi connectivity index (χ0v) is 14.4. The molecule has 0 fully saturated rings. The van der Waals surface area contributed by atoms with Gasteiger partial charge in [0.2, 0.25) is 0 Å². The maximum Gasteiger partial charge on any atom is 0.338 e. The average Bonchev–Trinajstić information content (AvgIpc) is 2.55. The molecule has 7 heteroatoms. The standard InChI is InChI=1S/C17H15BrN2O4/c1-11(24-16(22)12-6-5-7-13(18)10-12)15(21)20-17(23)19-14-8-3-2-4-9-14/h2-11H,1H3,(H2,19,20,21,23). The van der Waals surface area contributed by atoms with Gasteiger partial charge in [-0.15, -0.1) is 0 Å². The van der Waals surface area contributed by atoms with Gasteiger partial charge >= 0.3 is 12.0 Å². The summed E-state index contributed by atoms with van der Waals surface area (Å²) in [6.45, 7) is 1.39. The van der Waals surface area contributed by atoms with Crippen LogP contribution in [0.25, 0.3) is 0 Å². The van der Waals surface area contributed by atoms with E-state index in [0.717, 1.165) is 4.47 Å². The van der Waals surface area contributed by atoms with Gasteiger partial charge in [0, 0.05) is 10.2 Å². The molecule has 2 aromatic carbocycles. The number of ether oxygens (including phenoxy) is 1. The van der Waals surface area contributed by atoms with Crippen molar-refractivity contribution in [3.63, 3.8) is 0 Å². The molecule has 3 amide bonds. The molecule has 24 heavy (non-hydrogen) atoms. The quantitative estimate of drug-likeness (QED) is 0.783. The number of rotatable bonds is 4. The molecule has 1 unspecified atom stereocenters. The minimum Gasteiger partial charge on any atom is -0.449 e. The van der Waals surface area contributed by atoms with E-state index in [2.05, 4.69) is 26.6 Å². The van der Waals surface area contributed by atoms with Crippen molar-refractivity contribution in [1.29, 1.82) is 0 Å². The number of carbonyl (C=O) groups is 3. The van der Waals surface area contributed by atoms with Crippen molar-refractivity contribution in [1.82, 2.24) is 5.32 Å². The van der Waals surface area contributed by atoms with Crippen molar-refractivity contribution >= 4 is 39.5 Å². The van der Waals surface area contributed by atoms with Gasteiger partial charge in [-0.05, 0) is 37.3 Å². The molecule has 0 heterocycles. The van der Waals surface area contributed by atoms with Gasteiger partial charge in [-0.3, -0.25) is 10.1 Å². The highest BCUT2D eigenvalue weighted by molar-refractivity contribution is 9.10. The van der Waals surface area contributed by atoms with Gasteiger partial charge in [-0.1, -0.05) is 40.2 Å². The lowest BCUT2D eigenvalue weighted by molar-refractivity contribution is -0.127. The number of halogens is 1. The van der Waals surface area contributed by atoms with Gasteiger partial charge in [0.05, 0.1) is 5.56 Å². The summed E-state index contributed by atoms with van der Waals surface area (Å²) in [5.41, 5.74) is 0.847. The van der Waals surface area contributed by atoms with Gasteiger partial charge in [0.15, 0.2) is 6.10 Å².